The lowest BCUT2D eigenvalue weighted by molar-refractivity contribution is -0.138. The van der Waals surface area contributed by atoms with E-state index < -0.39 is 11.9 Å². The maximum atomic E-state index is 10.8. The zero-order valence-corrected chi connectivity index (χ0v) is 26.9. The van der Waals surface area contributed by atoms with Crippen LogP contribution in [0.3, 0.4) is 0 Å². The summed E-state index contributed by atoms with van der Waals surface area (Å²) in [5.74, 6) is -0.631. The smallest absolute Gasteiger partial charge is 0.303 e. The van der Waals surface area contributed by atoms with E-state index in [-0.39, 0.29) is 0 Å². The van der Waals surface area contributed by atoms with Gasteiger partial charge in [-0.1, -0.05) is 147 Å². The van der Waals surface area contributed by atoms with Crippen molar-refractivity contribution >= 4 is 11.9 Å². The van der Waals surface area contributed by atoms with Crippen molar-refractivity contribution in [1.29, 1.82) is 0 Å². The highest BCUT2D eigenvalue weighted by molar-refractivity contribution is 5.66. The Labute approximate surface area is 249 Å². The van der Waals surface area contributed by atoms with E-state index in [1.54, 1.807) is 5.57 Å². The van der Waals surface area contributed by atoms with E-state index >= 15 is 0 Å². The summed E-state index contributed by atoms with van der Waals surface area (Å²) in [6.45, 7) is 4.56. The summed E-state index contributed by atoms with van der Waals surface area (Å²) in [6.07, 6.45) is 36.9. The van der Waals surface area contributed by atoms with Crippen LogP contribution in [-0.4, -0.2) is 22.2 Å². The van der Waals surface area contributed by atoms with Gasteiger partial charge in [0.25, 0.3) is 0 Å². The van der Waals surface area contributed by atoms with Crippen molar-refractivity contribution in [3.8, 4) is 0 Å². The standard InChI is InChI=1S/C36H68O4/c1-3-5-7-9-11-15-21-27-33(29-23-17-13-19-25-31-35(37)38)34(28-22-16-12-10-8-6-4-2)30-24-18-14-20-26-32-36(39)40/h27,34H,3-26,28-32H2,1-2H3,(H,37,38)(H,39,40). The first kappa shape index (κ1) is 38.7. The first-order valence-corrected chi connectivity index (χ1v) is 17.6. The second-order valence-electron chi connectivity index (χ2n) is 12.3. The molecule has 4 nitrogen and oxygen atoms in total. The fourth-order valence-corrected chi connectivity index (χ4v) is 5.88. The minimum atomic E-state index is -0.671. The van der Waals surface area contributed by atoms with Crippen molar-refractivity contribution in [3.63, 3.8) is 0 Å². The van der Waals surface area contributed by atoms with E-state index in [4.69, 9.17) is 10.2 Å². The summed E-state index contributed by atoms with van der Waals surface area (Å²) >= 11 is 0. The van der Waals surface area contributed by atoms with Gasteiger partial charge in [-0.3, -0.25) is 9.59 Å². The number of carboxylic acid groups (broad SMARTS) is 2. The van der Waals surface area contributed by atoms with Crippen LogP contribution in [0.15, 0.2) is 11.6 Å². The zero-order valence-electron chi connectivity index (χ0n) is 26.9. The van der Waals surface area contributed by atoms with Crippen molar-refractivity contribution in [2.75, 3.05) is 0 Å². The molecule has 0 aliphatic rings. The van der Waals surface area contributed by atoms with Crippen molar-refractivity contribution in [2.45, 2.75) is 200 Å². The molecule has 40 heavy (non-hydrogen) atoms. The van der Waals surface area contributed by atoms with Gasteiger partial charge < -0.3 is 10.2 Å². The molecular weight excluding hydrogens is 496 g/mol. The Morgan fingerprint density at radius 1 is 0.475 bits per heavy atom. The second-order valence-corrected chi connectivity index (χ2v) is 12.3. The molecule has 0 aliphatic carbocycles. The maximum Gasteiger partial charge on any atom is 0.303 e. The molecule has 236 valence electrons. The highest BCUT2D eigenvalue weighted by atomic mass is 16.4. The molecule has 0 heterocycles. The Morgan fingerprint density at radius 3 is 1.25 bits per heavy atom. The van der Waals surface area contributed by atoms with Gasteiger partial charge in [-0.05, 0) is 57.3 Å². The number of unbranched alkanes of at least 4 members (excludes halogenated alkanes) is 20. The van der Waals surface area contributed by atoms with E-state index in [1.807, 2.05) is 0 Å². The third kappa shape index (κ3) is 28.2. The molecule has 2 N–H and O–H groups in total. The Balaban J connectivity index is 4.89. The highest BCUT2D eigenvalue weighted by Gasteiger charge is 2.14. The summed E-state index contributed by atoms with van der Waals surface area (Å²) in [7, 11) is 0. The topological polar surface area (TPSA) is 74.6 Å². The highest BCUT2D eigenvalue weighted by Crippen LogP contribution is 2.30. The molecular formula is C36H68O4. The largest absolute Gasteiger partial charge is 0.481 e. The molecule has 0 spiro atoms. The number of allylic oxidation sites excluding steroid dienone is 2. The molecule has 0 fully saturated rings. The lowest BCUT2D eigenvalue weighted by Gasteiger charge is -2.22. The molecule has 1 unspecified atom stereocenters. The van der Waals surface area contributed by atoms with Gasteiger partial charge in [-0.2, -0.15) is 0 Å². The van der Waals surface area contributed by atoms with Crippen molar-refractivity contribution < 1.29 is 19.8 Å². The van der Waals surface area contributed by atoms with Crippen molar-refractivity contribution in [2.24, 2.45) is 5.92 Å². The van der Waals surface area contributed by atoms with E-state index in [2.05, 4.69) is 19.9 Å². The van der Waals surface area contributed by atoms with Gasteiger partial charge in [0.05, 0.1) is 0 Å². The van der Waals surface area contributed by atoms with Crippen molar-refractivity contribution in [1.82, 2.24) is 0 Å². The molecule has 0 amide bonds. The van der Waals surface area contributed by atoms with Crippen LogP contribution in [0.25, 0.3) is 0 Å². The van der Waals surface area contributed by atoms with Crippen LogP contribution >= 0.6 is 0 Å². The Kier molecular flexibility index (Phi) is 29.6. The van der Waals surface area contributed by atoms with Crippen LogP contribution < -0.4 is 0 Å². The minimum Gasteiger partial charge on any atom is -0.481 e. The van der Waals surface area contributed by atoms with Crippen molar-refractivity contribution in [3.05, 3.63) is 11.6 Å². The molecule has 0 rings (SSSR count). The molecule has 0 aromatic carbocycles. The van der Waals surface area contributed by atoms with E-state index in [0.717, 1.165) is 38.5 Å². The first-order chi connectivity index (χ1) is 19.5. The molecule has 1 atom stereocenters. The Morgan fingerprint density at radius 2 is 0.825 bits per heavy atom. The number of aliphatic carboxylic acids is 2. The fraction of sp³-hybridized carbons (Fsp3) is 0.889. The molecule has 0 aliphatic heterocycles. The fourth-order valence-electron chi connectivity index (χ4n) is 5.88. The van der Waals surface area contributed by atoms with Gasteiger partial charge in [-0.15, -0.1) is 0 Å². The van der Waals surface area contributed by atoms with Crippen LogP contribution in [0.1, 0.15) is 200 Å². The summed E-state index contributed by atoms with van der Waals surface area (Å²) in [5, 5.41) is 17.8. The average Bonchev–Trinajstić information content (AvgIpc) is 2.92. The van der Waals surface area contributed by atoms with Crippen LogP contribution in [0.4, 0.5) is 0 Å². The molecule has 4 heteroatoms. The SMILES string of the molecule is CCCCCCCCC=C(CCCCCCCC(=O)O)C(CCCCCCCCC)CCCCCCCC(=O)O. The third-order valence-electron chi connectivity index (χ3n) is 8.44. The van der Waals surface area contributed by atoms with E-state index in [1.165, 1.54) is 135 Å². The predicted molar refractivity (Wildman–Crippen MR) is 172 cm³/mol. The monoisotopic (exact) mass is 565 g/mol. The maximum absolute atomic E-state index is 10.8. The Hall–Kier alpha value is -1.32. The molecule has 0 bridgehead atoms. The van der Waals surface area contributed by atoms with E-state index in [0.29, 0.717) is 18.8 Å². The van der Waals surface area contributed by atoms with Gasteiger partial charge >= 0.3 is 11.9 Å². The van der Waals surface area contributed by atoms with Crippen LogP contribution in [0.5, 0.6) is 0 Å². The van der Waals surface area contributed by atoms with Gasteiger partial charge in [0, 0.05) is 12.8 Å². The molecule has 0 aromatic rings. The first-order valence-electron chi connectivity index (χ1n) is 17.6. The van der Waals surface area contributed by atoms with Gasteiger partial charge in [0.2, 0.25) is 0 Å². The van der Waals surface area contributed by atoms with Crippen LogP contribution in [-0.2, 0) is 9.59 Å². The van der Waals surface area contributed by atoms with Gasteiger partial charge in [0.1, 0.15) is 0 Å². The number of hydrogen-bond acceptors (Lipinski definition) is 2. The molecule has 0 radical (unpaired) electrons. The number of carbonyl (C=O) groups is 2. The minimum absolute atomic E-state index is 0.306. The lowest BCUT2D eigenvalue weighted by atomic mass is 9.84. The Bertz CT molecular complexity index is 598. The lowest BCUT2D eigenvalue weighted by Crippen LogP contribution is -2.06. The normalized spacial score (nSPS) is 12.6. The summed E-state index contributed by atoms with van der Waals surface area (Å²) < 4.78 is 0. The zero-order chi connectivity index (χ0) is 29.5. The van der Waals surface area contributed by atoms with Crippen LogP contribution in [0.2, 0.25) is 0 Å². The van der Waals surface area contributed by atoms with Gasteiger partial charge in [-0.25, -0.2) is 0 Å². The van der Waals surface area contributed by atoms with E-state index in [9.17, 15) is 9.59 Å². The summed E-state index contributed by atoms with van der Waals surface area (Å²) in [4.78, 5) is 21.6. The predicted octanol–water partition coefficient (Wildman–Crippen LogP) is 12.1. The molecule has 0 saturated carbocycles. The summed E-state index contributed by atoms with van der Waals surface area (Å²) in [6, 6.07) is 0. The number of carboxylic acids is 2. The molecule has 0 aromatic heterocycles. The number of rotatable bonds is 32. The summed E-state index contributed by atoms with van der Waals surface area (Å²) in [5.41, 5.74) is 1.72. The number of hydrogen-bond donors (Lipinski definition) is 2. The quantitative estimate of drug-likeness (QED) is 0.0629. The average molecular weight is 565 g/mol. The second kappa shape index (κ2) is 30.6. The van der Waals surface area contributed by atoms with Gasteiger partial charge in [0.15, 0.2) is 0 Å². The third-order valence-corrected chi connectivity index (χ3v) is 8.44. The van der Waals surface area contributed by atoms with Crippen LogP contribution in [0, 0.1) is 5.92 Å². The molecule has 0 saturated heterocycles.